The first-order chi connectivity index (χ1) is 7.27. The fourth-order valence-electron chi connectivity index (χ4n) is 2.12. The van der Waals surface area contributed by atoms with E-state index >= 15 is 0 Å². The maximum Gasteiger partial charge on any atom is 0.122 e. The van der Waals surface area contributed by atoms with Gasteiger partial charge < -0.3 is 10.5 Å². The molecule has 0 unspecified atom stereocenters. The molecule has 82 valence electrons. The zero-order valence-corrected chi connectivity index (χ0v) is 9.28. The van der Waals surface area contributed by atoms with Crippen molar-refractivity contribution >= 4 is 0 Å². The summed E-state index contributed by atoms with van der Waals surface area (Å²) in [5.74, 6) is 0.986. The number of aryl methyl sites for hydroxylation is 1. The lowest BCUT2D eigenvalue weighted by atomic mass is 9.93. The fraction of sp³-hybridized carbons (Fsp3) is 0.538. The lowest BCUT2D eigenvalue weighted by Gasteiger charge is -2.29. The van der Waals surface area contributed by atoms with Gasteiger partial charge in [0, 0.05) is 6.04 Å². The van der Waals surface area contributed by atoms with E-state index < -0.39 is 0 Å². The smallest absolute Gasteiger partial charge is 0.122 e. The normalized spacial score (nSPS) is 26.3. The first-order valence-electron chi connectivity index (χ1n) is 5.75. The molecular weight excluding hydrogens is 186 g/mol. The Hall–Kier alpha value is -1.02. The highest BCUT2D eigenvalue weighted by Gasteiger charge is 2.23. The molecule has 0 saturated heterocycles. The van der Waals surface area contributed by atoms with Crippen LogP contribution >= 0.6 is 0 Å². The number of para-hydroxylation sites is 1. The summed E-state index contributed by atoms with van der Waals surface area (Å²) in [5.41, 5.74) is 7.24. The van der Waals surface area contributed by atoms with Crippen LogP contribution in [0.1, 0.15) is 31.2 Å². The molecule has 2 N–H and O–H groups in total. The summed E-state index contributed by atoms with van der Waals surface area (Å²) in [6, 6.07) is 8.35. The van der Waals surface area contributed by atoms with Crippen molar-refractivity contribution in [2.75, 3.05) is 0 Å². The Morgan fingerprint density at radius 3 is 2.67 bits per heavy atom. The standard InChI is InChI=1S/C13H19NO/c1-10-6-2-4-8-12(10)15-13-9-5-3-7-11(13)14/h2,4,6,8,11,13H,3,5,7,9,14H2,1H3/t11-,13+/m1/s1. The van der Waals surface area contributed by atoms with Gasteiger partial charge in [0.2, 0.25) is 0 Å². The molecule has 0 bridgehead atoms. The Morgan fingerprint density at radius 2 is 1.93 bits per heavy atom. The maximum absolute atomic E-state index is 6.05. The second-order valence-corrected chi connectivity index (χ2v) is 4.37. The topological polar surface area (TPSA) is 35.2 Å². The number of hydrogen-bond acceptors (Lipinski definition) is 2. The Kier molecular flexibility index (Phi) is 3.27. The first kappa shape index (κ1) is 10.5. The minimum Gasteiger partial charge on any atom is -0.489 e. The van der Waals surface area contributed by atoms with Gasteiger partial charge in [-0.05, 0) is 37.8 Å². The van der Waals surface area contributed by atoms with Crippen LogP contribution in [0.5, 0.6) is 5.75 Å². The van der Waals surface area contributed by atoms with Crippen LogP contribution in [0.15, 0.2) is 24.3 Å². The summed E-state index contributed by atoms with van der Waals surface area (Å²) in [5, 5.41) is 0. The van der Waals surface area contributed by atoms with Gasteiger partial charge in [-0.3, -0.25) is 0 Å². The van der Waals surface area contributed by atoms with Crippen LogP contribution in [0.4, 0.5) is 0 Å². The average Bonchev–Trinajstić information content (AvgIpc) is 2.24. The predicted octanol–water partition coefficient (Wildman–Crippen LogP) is 2.64. The number of nitrogens with two attached hydrogens (primary N) is 1. The molecule has 15 heavy (non-hydrogen) atoms. The molecule has 2 nitrogen and oxygen atoms in total. The Bertz CT molecular complexity index is 324. The molecule has 1 fully saturated rings. The molecule has 0 aliphatic heterocycles. The monoisotopic (exact) mass is 205 g/mol. The molecule has 2 heteroatoms. The third-order valence-corrected chi connectivity index (χ3v) is 3.13. The van der Waals surface area contributed by atoms with Gasteiger partial charge in [0.05, 0.1) is 0 Å². The molecule has 1 aromatic carbocycles. The quantitative estimate of drug-likeness (QED) is 0.805. The molecule has 1 saturated carbocycles. The third-order valence-electron chi connectivity index (χ3n) is 3.13. The van der Waals surface area contributed by atoms with Crippen LogP contribution in [0.3, 0.4) is 0 Å². The van der Waals surface area contributed by atoms with Crippen molar-refractivity contribution in [1.29, 1.82) is 0 Å². The average molecular weight is 205 g/mol. The molecule has 1 aliphatic rings. The summed E-state index contributed by atoms with van der Waals surface area (Å²) in [4.78, 5) is 0. The minimum atomic E-state index is 0.207. The summed E-state index contributed by atoms with van der Waals surface area (Å²) >= 11 is 0. The van der Waals surface area contributed by atoms with Gasteiger partial charge in [0.1, 0.15) is 11.9 Å². The minimum absolute atomic E-state index is 0.207. The second-order valence-electron chi connectivity index (χ2n) is 4.37. The van der Waals surface area contributed by atoms with Crippen molar-refractivity contribution in [3.8, 4) is 5.75 Å². The molecule has 1 aliphatic carbocycles. The van der Waals surface area contributed by atoms with Crippen LogP contribution in [-0.2, 0) is 0 Å². The Labute approximate surface area is 91.4 Å². The van der Waals surface area contributed by atoms with Crippen molar-refractivity contribution < 1.29 is 4.74 Å². The molecule has 0 radical (unpaired) electrons. The van der Waals surface area contributed by atoms with E-state index in [0.29, 0.717) is 0 Å². The number of hydrogen-bond donors (Lipinski definition) is 1. The van der Waals surface area contributed by atoms with Crippen molar-refractivity contribution in [3.63, 3.8) is 0 Å². The highest BCUT2D eigenvalue weighted by atomic mass is 16.5. The molecule has 2 rings (SSSR count). The highest BCUT2D eigenvalue weighted by Crippen LogP contribution is 2.24. The zero-order chi connectivity index (χ0) is 10.7. The third kappa shape index (κ3) is 2.51. The van der Waals surface area contributed by atoms with E-state index in [1.165, 1.54) is 18.4 Å². The van der Waals surface area contributed by atoms with Crippen LogP contribution < -0.4 is 10.5 Å². The van der Waals surface area contributed by atoms with E-state index in [4.69, 9.17) is 10.5 Å². The van der Waals surface area contributed by atoms with Gasteiger partial charge in [-0.2, -0.15) is 0 Å². The van der Waals surface area contributed by atoms with Crippen molar-refractivity contribution in [3.05, 3.63) is 29.8 Å². The van der Waals surface area contributed by atoms with Gasteiger partial charge in [-0.15, -0.1) is 0 Å². The Morgan fingerprint density at radius 1 is 1.20 bits per heavy atom. The lowest BCUT2D eigenvalue weighted by molar-refractivity contribution is 0.131. The van der Waals surface area contributed by atoms with Crippen LogP contribution in [0.25, 0.3) is 0 Å². The maximum atomic E-state index is 6.05. The van der Waals surface area contributed by atoms with E-state index in [2.05, 4.69) is 13.0 Å². The molecule has 0 heterocycles. The van der Waals surface area contributed by atoms with Gasteiger partial charge in [-0.1, -0.05) is 24.6 Å². The van der Waals surface area contributed by atoms with E-state index in [0.717, 1.165) is 18.6 Å². The van der Waals surface area contributed by atoms with E-state index in [-0.39, 0.29) is 12.1 Å². The molecule has 2 atom stereocenters. The summed E-state index contributed by atoms with van der Waals surface area (Å²) in [7, 11) is 0. The zero-order valence-electron chi connectivity index (χ0n) is 9.28. The van der Waals surface area contributed by atoms with Crippen molar-refractivity contribution in [2.24, 2.45) is 5.73 Å². The van der Waals surface area contributed by atoms with Crippen LogP contribution in [0.2, 0.25) is 0 Å². The fourth-order valence-corrected chi connectivity index (χ4v) is 2.12. The number of benzene rings is 1. The largest absolute Gasteiger partial charge is 0.489 e. The van der Waals surface area contributed by atoms with Gasteiger partial charge >= 0.3 is 0 Å². The molecule has 1 aromatic rings. The van der Waals surface area contributed by atoms with E-state index in [9.17, 15) is 0 Å². The summed E-state index contributed by atoms with van der Waals surface area (Å²) in [6.07, 6.45) is 4.88. The van der Waals surface area contributed by atoms with Crippen LogP contribution in [0, 0.1) is 6.92 Å². The SMILES string of the molecule is Cc1ccccc1O[C@H]1CCCC[C@H]1N. The predicted molar refractivity (Wildman–Crippen MR) is 62.0 cm³/mol. The summed E-state index contributed by atoms with van der Waals surface area (Å²) in [6.45, 7) is 2.07. The van der Waals surface area contributed by atoms with Crippen molar-refractivity contribution in [2.45, 2.75) is 44.8 Å². The van der Waals surface area contributed by atoms with Gasteiger partial charge in [0.25, 0.3) is 0 Å². The van der Waals surface area contributed by atoms with Crippen LogP contribution in [-0.4, -0.2) is 12.1 Å². The summed E-state index contributed by atoms with van der Waals surface area (Å²) < 4.78 is 5.97. The molecular formula is C13H19NO. The molecule has 0 spiro atoms. The first-order valence-corrected chi connectivity index (χ1v) is 5.75. The molecule has 0 amide bonds. The van der Waals surface area contributed by atoms with E-state index in [1.54, 1.807) is 0 Å². The molecule has 0 aromatic heterocycles. The second kappa shape index (κ2) is 4.67. The highest BCUT2D eigenvalue weighted by molar-refractivity contribution is 5.32. The lowest BCUT2D eigenvalue weighted by Crippen LogP contribution is -2.41. The number of ether oxygens (including phenoxy) is 1. The van der Waals surface area contributed by atoms with Gasteiger partial charge in [0.15, 0.2) is 0 Å². The Balaban J connectivity index is 2.04. The van der Waals surface area contributed by atoms with E-state index in [1.807, 2.05) is 18.2 Å². The van der Waals surface area contributed by atoms with Crippen molar-refractivity contribution in [1.82, 2.24) is 0 Å². The van der Waals surface area contributed by atoms with Gasteiger partial charge in [-0.25, -0.2) is 0 Å². The number of rotatable bonds is 2.